The standard InChI is InChI=1S/C10H14N4O3/c1-14-6-12-7(13-14)5-11-8(15)10(9(16)17)3-2-4-10/h6H,2-5H2,1H3,(H,11,15)(H,16,17). The normalized spacial score (nSPS) is 17.2. The molecular weight excluding hydrogens is 224 g/mol. The highest BCUT2D eigenvalue weighted by Gasteiger charge is 2.51. The highest BCUT2D eigenvalue weighted by molar-refractivity contribution is 6.02. The molecule has 1 aliphatic carbocycles. The van der Waals surface area contributed by atoms with Gasteiger partial charge in [0.05, 0.1) is 6.54 Å². The van der Waals surface area contributed by atoms with E-state index in [0.717, 1.165) is 6.42 Å². The first-order chi connectivity index (χ1) is 8.04. The summed E-state index contributed by atoms with van der Waals surface area (Å²) < 4.78 is 1.53. The Balaban J connectivity index is 1.95. The van der Waals surface area contributed by atoms with Crippen molar-refractivity contribution in [3.05, 3.63) is 12.2 Å². The van der Waals surface area contributed by atoms with Gasteiger partial charge in [-0.1, -0.05) is 6.42 Å². The third-order valence-electron chi connectivity index (χ3n) is 3.11. The van der Waals surface area contributed by atoms with Crippen molar-refractivity contribution >= 4 is 11.9 Å². The molecule has 1 amide bonds. The van der Waals surface area contributed by atoms with Crippen LogP contribution in [0.15, 0.2) is 6.33 Å². The highest BCUT2D eigenvalue weighted by Crippen LogP contribution is 2.41. The largest absolute Gasteiger partial charge is 0.480 e. The molecule has 7 heteroatoms. The number of nitrogens with one attached hydrogen (secondary N) is 1. The van der Waals surface area contributed by atoms with Gasteiger partial charge in [0.1, 0.15) is 11.7 Å². The van der Waals surface area contributed by atoms with E-state index < -0.39 is 17.3 Å². The second-order valence-corrected chi connectivity index (χ2v) is 4.26. The molecule has 0 spiro atoms. The quantitative estimate of drug-likeness (QED) is 0.701. The fourth-order valence-corrected chi connectivity index (χ4v) is 1.86. The fraction of sp³-hybridized carbons (Fsp3) is 0.600. The molecule has 0 aromatic carbocycles. The molecule has 0 atom stereocenters. The lowest BCUT2D eigenvalue weighted by molar-refractivity contribution is -0.162. The Morgan fingerprint density at radius 2 is 2.29 bits per heavy atom. The maximum absolute atomic E-state index is 11.8. The minimum Gasteiger partial charge on any atom is -0.480 e. The van der Waals surface area contributed by atoms with Gasteiger partial charge in [0.2, 0.25) is 5.91 Å². The van der Waals surface area contributed by atoms with Gasteiger partial charge < -0.3 is 10.4 Å². The molecule has 2 rings (SSSR count). The molecule has 1 fully saturated rings. The average molecular weight is 238 g/mol. The van der Waals surface area contributed by atoms with Crippen molar-refractivity contribution < 1.29 is 14.7 Å². The summed E-state index contributed by atoms with van der Waals surface area (Å²) in [6.07, 6.45) is 3.12. The number of aliphatic carboxylic acids is 1. The number of carboxylic acids is 1. The number of aromatic nitrogens is 3. The zero-order chi connectivity index (χ0) is 12.5. The second kappa shape index (κ2) is 4.15. The fourth-order valence-electron chi connectivity index (χ4n) is 1.86. The van der Waals surface area contributed by atoms with E-state index in [2.05, 4.69) is 15.4 Å². The van der Waals surface area contributed by atoms with Crippen LogP contribution >= 0.6 is 0 Å². The number of nitrogens with zero attached hydrogens (tertiary/aromatic N) is 3. The van der Waals surface area contributed by atoms with Gasteiger partial charge in [0.25, 0.3) is 0 Å². The van der Waals surface area contributed by atoms with Crippen LogP contribution in [-0.2, 0) is 23.2 Å². The van der Waals surface area contributed by atoms with Gasteiger partial charge in [-0.25, -0.2) is 4.98 Å². The molecule has 17 heavy (non-hydrogen) atoms. The van der Waals surface area contributed by atoms with Crippen LogP contribution < -0.4 is 5.32 Å². The van der Waals surface area contributed by atoms with Crippen molar-refractivity contribution in [2.75, 3.05) is 0 Å². The van der Waals surface area contributed by atoms with Gasteiger partial charge in [0, 0.05) is 7.05 Å². The molecule has 0 radical (unpaired) electrons. The number of hydrogen-bond donors (Lipinski definition) is 2. The van der Waals surface area contributed by atoms with Crippen LogP contribution in [0.5, 0.6) is 0 Å². The Bertz CT molecular complexity index is 450. The monoisotopic (exact) mass is 238 g/mol. The van der Waals surface area contributed by atoms with Crippen LogP contribution in [-0.4, -0.2) is 31.7 Å². The number of aryl methyl sites for hydroxylation is 1. The van der Waals surface area contributed by atoms with Crippen molar-refractivity contribution in [2.45, 2.75) is 25.8 Å². The van der Waals surface area contributed by atoms with Gasteiger partial charge in [0.15, 0.2) is 5.82 Å². The predicted octanol–water partition coefficient (Wildman–Crippen LogP) is -0.314. The molecular formula is C10H14N4O3. The van der Waals surface area contributed by atoms with Gasteiger partial charge in [-0.2, -0.15) is 5.10 Å². The Kier molecular flexibility index (Phi) is 2.83. The summed E-state index contributed by atoms with van der Waals surface area (Å²) in [5.41, 5.74) is -1.23. The lowest BCUT2D eigenvalue weighted by Crippen LogP contribution is -2.50. The third kappa shape index (κ3) is 2.00. The third-order valence-corrected chi connectivity index (χ3v) is 3.11. The number of carbonyl (C=O) groups excluding carboxylic acids is 1. The smallest absolute Gasteiger partial charge is 0.319 e. The van der Waals surface area contributed by atoms with E-state index in [0.29, 0.717) is 18.7 Å². The minimum atomic E-state index is -1.23. The van der Waals surface area contributed by atoms with Gasteiger partial charge >= 0.3 is 5.97 Å². The van der Waals surface area contributed by atoms with Gasteiger partial charge in [-0.3, -0.25) is 14.3 Å². The second-order valence-electron chi connectivity index (χ2n) is 4.26. The molecule has 1 aromatic heterocycles. The summed E-state index contributed by atoms with van der Waals surface area (Å²) in [5.74, 6) is -1.01. The lowest BCUT2D eigenvalue weighted by atomic mass is 9.68. The highest BCUT2D eigenvalue weighted by atomic mass is 16.4. The zero-order valence-electron chi connectivity index (χ0n) is 9.51. The zero-order valence-corrected chi connectivity index (χ0v) is 9.51. The number of rotatable bonds is 4. The van der Waals surface area contributed by atoms with Gasteiger partial charge in [-0.05, 0) is 12.8 Å². The number of carboxylic acid groups (broad SMARTS) is 1. The number of carbonyl (C=O) groups is 2. The Hall–Kier alpha value is -1.92. The molecule has 92 valence electrons. The molecule has 1 aromatic rings. The molecule has 0 bridgehead atoms. The summed E-state index contributed by atoms with van der Waals surface area (Å²) in [6.45, 7) is 0.161. The summed E-state index contributed by atoms with van der Waals surface area (Å²) >= 11 is 0. The van der Waals surface area contributed by atoms with Crippen LogP contribution in [0.2, 0.25) is 0 Å². The van der Waals surface area contributed by atoms with Crippen molar-refractivity contribution in [3.63, 3.8) is 0 Å². The Morgan fingerprint density at radius 3 is 2.71 bits per heavy atom. The first kappa shape index (κ1) is 11.6. The maximum Gasteiger partial charge on any atom is 0.319 e. The summed E-state index contributed by atoms with van der Waals surface area (Å²) in [4.78, 5) is 26.8. The molecule has 1 saturated carbocycles. The Labute approximate surface area is 97.8 Å². The SMILES string of the molecule is Cn1cnc(CNC(=O)C2(C(=O)O)CCC2)n1. The molecule has 0 unspecified atom stereocenters. The first-order valence-electron chi connectivity index (χ1n) is 5.41. The molecule has 7 nitrogen and oxygen atoms in total. The summed E-state index contributed by atoms with van der Waals surface area (Å²) in [7, 11) is 1.73. The van der Waals surface area contributed by atoms with Crippen molar-refractivity contribution in [3.8, 4) is 0 Å². The predicted molar refractivity (Wildman–Crippen MR) is 56.8 cm³/mol. The van der Waals surface area contributed by atoms with E-state index in [1.54, 1.807) is 7.05 Å². The number of amides is 1. The maximum atomic E-state index is 11.8. The molecule has 1 heterocycles. The lowest BCUT2D eigenvalue weighted by Gasteiger charge is -2.35. The van der Waals surface area contributed by atoms with E-state index in [-0.39, 0.29) is 6.54 Å². The van der Waals surface area contributed by atoms with Crippen LogP contribution in [0.4, 0.5) is 0 Å². The molecule has 0 saturated heterocycles. The van der Waals surface area contributed by atoms with E-state index in [9.17, 15) is 9.59 Å². The van der Waals surface area contributed by atoms with Crippen LogP contribution in [0.3, 0.4) is 0 Å². The van der Waals surface area contributed by atoms with Crippen LogP contribution in [0.1, 0.15) is 25.1 Å². The molecule has 2 N–H and O–H groups in total. The molecule has 1 aliphatic rings. The Morgan fingerprint density at radius 1 is 1.59 bits per heavy atom. The van der Waals surface area contributed by atoms with Crippen LogP contribution in [0, 0.1) is 5.41 Å². The van der Waals surface area contributed by atoms with Crippen molar-refractivity contribution in [2.24, 2.45) is 12.5 Å². The summed E-state index contributed by atoms with van der Waals surface area (Å²) in [5, 5.41) is 15.6. The topological polar surface area (TPSA) is 97.1 Å². The average Bonchev–Trinajstić information content (AvgIpc) is 2.59. The summed E-state index contributed by atoms with van der Waals surface area (Å²) in [6, 6.07) is 0. The minimum absolute atomic E-state index is 0.161. The van der Waals surface area contributed by atoms with Gasteiger partial charge in [-0.15, -0.1) is 0 Å². The molecule has 0 aliphatic heterocycles. The van der Waals surface area contributed by atoms with E-state index >= 15 is 0 Å². The first-order valence-corrected chi connectivity index (χ1v) is 5.41. The van der Waals surface area contributed by atoms with E-state index in [1.807, 2.05) is 0 Å². The van der Waals surface area contributed by atoms with E-state index in [1.165, 1.54) is 11.0 Å². The van der Waals surface area contributed by atoms with Crippen molar-refractivity contribution in [1.29, 1.82) is 0 Å². The van der Waals surface area contributed by atoms with E-state index in [4.69, 9.17) is 5.11 Å². The van der Waals surface area contributed by atoms with Crippen molar-refractivity contribution in [1.82, 2.24) is 20.1 Å². The number of hydrogen-bond acceptors (Lipinski definition) is 4. The van der Waals surface area contributed by atoms with Crippen LogP contribution in [0.25, 0.3) is 0 Å².